The molecule has 2 aromatic heterocycles. The highest BCUT2D eigenvalue weighted by molar-refractivity contribution is 5.66. The molecule has 5 aromatic rings. The Hall–Kier alpha value is -5.16. The van der Waals surface area contributed by atoms with E-state index >= 15 is 8.78 Å². The highest BCUT2D eigenvalue weighted by atomic mass is 19.4. The van der Waals surface area contributed by atoms with Gasteiger partial charge in [0.2, 0.25) is 0 Å². The first-order valence-electron chi connectivity index (χ1n) is 15.0. The Kier molecular flexibility index (Phi) is 9.21. The molecule has 50 heavy (non-hydrogen) atoms. The number of aromatic nitrogens is 5. The number of aliphatic hydroxyl groups excluding tert-OH is 1. The third-order valence-corrected chi connectivity index (χ3v) is 8.56. The molecule has 0 radical (unpaired) electrons. The van der Waals surface area contributed by atoms with Gasteiger partial charge < -0.3 is 20.0 Å². The number of aliphatic hydroxyl groups is 2. The van der Waals surface area contributed by atoms with Crippen molar-refractivity contribution in [2.24, 2.45) is 0 Å². The summed E-state index contributed by atoms with van der Waals surface area (Å²) in [7, 11) is 0. The summed E-state index contributed by atoms with van der Waals surface area (Å²) in [6.45, 7) is 0.889. The van der Waals surface area contributed by atoms with E-state index in [1.807, 2.05) is 21.9 Å². The highest BCUT2D eigenvalue weighted by Crippen LogP contribution is 2.47. The summed E-state index contributed by atoms with van der Waals surface area (Å²) in [5, 5.41) is 31.0. The number of hydrogen-bond donors (Lipinski definition) is 2. The number of halogens is 8. The first kappa shape index (κ1) is 34.7. The van der Waals surface area contributed by atoms with Gasteiger partial charge in [0.25, 0.3) is 0 Å². The molecule has 262 valence electrons. The number of rotatable bonds is 9. The lowest BCUT2D eigenvalue weighted by Crippen LogP contribution is -2.48. The average Bonchev–Trinajstić information content (AvgIpc) is 3.60. The summed E-state index contributed by atoms with van der Waals surface area (Å²) in [6.07, 6.45) is -5.77. The first-order chi connectivity index (χ1) is 23.7. The van der Waals surface area contributed by atoms with Crippen LogP contribution in [0.2, 0.25) is 0 Å². The topological polar surface area (TPSA) is 103 Å². The average molecular weight is 706 g/mol. The van der Waals surface area contributed by atoms with E-state index < -0.39 is 64.6 Å². The van der Waals surface area contributed by atoms with Crippen LogP contribution in [0.25, 0.3) is 11.1 Å². The van der Waals surface area contributed by atoms with Crippen molar-refractivity contribution in [2.75, 3.05) is 36.0 Å². The van der Waals surface area contributed by atoms with E-state index in [1.54, 1.807) is 12.1 Å². The number of alkyl halides is 5. The second-order valence-corrected chi connectivity index (χ2v) is 11.7. The maximum Gasteiger partial charge on any atom is 0.418 e. The van der Waals surface area contributed by atoms with Gasteiger partial charge in [-0.25, -0.2) is 17.9 Å². The molecule has 2 N–H and O–H groups in total. The lowest BCUT2D eigenvalue weighted by molar-refractivity contribution is -0.207. The van der Waals surface area contributed by atoms with Crippen molar-refractivity contribution in [1.29, 1.82) is 0 Å². The SMILES string of the molecule is OC(c1ccc(N2CCN(c3ccc(-c4ccc(C(F)(F)[C@](O)(Cn5cnnn5)c5ccc(F)cc5F)nc4)cc3)CC2)cc1F)C(F)(F)F. The van der Waals surface area contributed by atoms with E-state index in [0.29, 0.717) is 49.1 Å². The quantitative estimate of drug-likeness (QED) is 0.187. The number of anilines is 2. The molecule has 6 rings (SSSR count). The third-order valence-electron chi connectivity index (χ3n) is 8.56. The molecule has 0 amide bonds. The zero-order valence-corrected chi connectivity index (χ0v) is 25.7. The number of tetrazole rings is 1. The number of benzene rings is 3. The normalized spacial score (nSPS) is 16.0. The van der Waals surface area contributed by atoms with Crippen molar-refractivity contribution in [3.8, 4) is 11.1 Å². The van der Waals surface area contributed by atoms with Gasteiger partial charge in [-0.05, 0) is 58.5 Å². The van der Waals surface area contributed by atoms with Crippen molar-refractivity contribution >= 4 is 11.4 Å². The number of nitrogens with zero attached hydrogens (tertiary/aromatic N) is 7. The molecule has 1 unspecified atom stereocenters. The predicted octanol–water partition coefficient (Wildman–Crippen LogP) is 5.75. The lowest BCUT2D eigenvalue weighted by atomic mass is 9.84. The van der Waals surface area contributed by atoms with Crippen LogP contribution in [0.1, 0.15) is 22.9 Å². The van der Waals surface area contributed by atoms with Crippen LogP contribution >= 0.6 is 0 Å². The van der Waals surface area contributed by atoms with Crippen LogP contribution in [0.15, 0.2) is 85.3 Å². The Bertz CT molecular complexity index is 1940. The van der Waals surface area contributed by atoms with Crippen LogP contribution in [-0.2, 0) is 18.1 Å². The molecule has 2 atom stereocenters. The zero-order chi connectivity index (χ0) is 35.8. The monoisotopic (exact) mass is 705 g/mol. The molecule has 3 heterocycles. The molecule has 0 saturated carbocycles. The van der Waals surface area contributed by atoms with Crippen molar-refractivity contribution < 1.29 is 45.3 Å². The molecule has 0 bridgehead atoms. The largest absolute Gasteiger partial charge is 0.418 e. The van der Waals surface area contributed by atoms with Crippen LogP contribution in [0.3, 0.4) is 0 Å². The van der Waals surface area contributed by atoms with E-state index in [4.69, 9.17) is 0 Å². The molecular formula is C33H27F8N7O2. The van der Waals surface area contributed by atoms with Crippen molar-refractivity contribution in [3.05, 3.63) is 120 Å². The molecule has 1 fully saturated rings. The summed E-state index contributed by atoms with van der Waals surface area (Å²) in [4.78, 5) is 7.75. The van der Waals surface area contributed by atoms with Crippen molar-refractivity contribution in [1.82, 2.24) is 25.2 Å². The van der Waals surface area contributed by atoms with Gasteiger partial charge in [0, 0.05) is 66.5 Å². The van der Waals surface area contributed by atoms with Gasteiger partial charge >= 0.3 is 12.1 Å². The highest BCUT2D eigenvalue weighted by Gasteiger charge is 2.58. The Morgan fingerprint density at radius 3 is 1.94 bits per heavy atom. The Morgan fingerprint density at radius 1 is 0.740 bits per heavy atom. The zero-order valence-electron chi connectivity index (χ0n) is 25.7. The van der Waals surface area contributed by atoms with Gasteiger partial charge in [0.05, 0.1) is 6.54 Å². The molecule has 1 aliphatic rings. The van der Waals surface area contributed by atoms with E-state index in [2.05, 4.69) is 20.5 Å². The summed E-state index contributed by atoms with van der Waals surface area (Å²) in [6, 6.07) is 14.6. The molecule has 9 nitrogen and oxygen atoms in total. The second kappa shape index (κ2) is 13.3. The molecular weight excluding hydrogens is 678 g/mol. The molecule has 3 aromatic carbocycles. The van der Waals surface area contributed by atoms with E-state index in [0.717, 1.165) is 47.0 Å². The second-order valence-electron chi connectivity index (χ2n) is 11.7. The Morgan fingerprint density at radius 2 is 1.38 bits per heavy atom. The number of pyridine rings is 1. The minimum atomic E-state index is -4.99. The van der Waals surface area contributed by atoms with E-state index in [1.165, 1.54) is 18.3 Å². The van der Waals surface area contributed by atoms with E-state index in [-0.39, 0.29) is 0 Å². The standard InChI is InChI=1S/C33H27F8N7O2/c34-22-4-9-26(28(36)15-22)31(50,18-48-19-43-44-45-48)32(37,38)29-10-3-21(17-42-29)20-1-5-23(6-2-20)46-11-13-47(14-12-46)24-7-8-25(27(35)16-24)30(49)33(39,40)41/h1-10,15-17,19,30,49-50H,11-14,18H2/t30?,31-/m0/s1. The third kappa shape index (κ3) is 6.69. The van der Waals surface area contributed by atoms with Crippen LogP contribution < -0.4 is 9.80 Å². The van der Waals surface area contributed by atoms with Crippen molar-refractivity contribution in [3.63, 3.8) is 0 Å². The van der Waals surface area contributed by atoms with E-state index in [9.17, 15) is 36.6 Å². The van der Waals surface area contributed by atoms with Crippen molar-refractivity contribution in [2.45, 2.75) is 30.3 Å². The lowest BCUT2D eigenvalue weighted by Gasteiger charge is -2.37. The van der Waals surface area contributed by atoms with Crippen LogP contribution in [-0.4, -0.2) is 67.8 Å². The van der Waals surface area contributed by atoms with Gasteiger partial charge in [-0.1, -0.05) is 24.3 Å². The fourth-order valence-corrected chi connectivity index (χ4v) is 5.83. The summed E-state index contributed by atoms with van der Waals surface area (Å²) in [5.41, 5.74) is -3.59. The van der Waals surface area contributed by atoms with Gasteiger partial charge in [0.1, 0.15) is 29.5 Å². The molecule has 0 aliphatic carbocycles. The fraction of sp³-hybridized carbons (Fsp3) is 0.273. The summed E-state index contributed by atoms with van der Waals surface area (Å²) in [5.74, 6) is -7.78. The Labute approximate surface area is 279 Å². The van der Waals surface area contributed by atoms with Gasteiger partial charge in [-0.2, -0.15) is 22.0 Å². The van der Waals surface area contributed by atoms with Crippen LogP contribution in [0.4, 0.5) is 46.5 Å². The Balaban J connectivity index is 1.14. The summed E-state index contributed by atoms with van der Waals surface area (Å²) >= 11 is 0. The minimum absolute atomic E-state index is 0.382. The smallest absolute Gasteiger partial charge is 0.379 e. The minimum Gasteiger partial charge on any atom is -0.379 e. The fourth-order valence-electron chi connectivity index (χ4n) is 5.83. The maximum atomic E-state index is 16.1. The summed E-state index contributed by atoms with van der Waals surface area (Å²) < 4.78 is 114. The molecule has 17 heteroatoms. The molecule has 0 spiro atoms. The number of piperazine rings is 1. The maximum absolute atomic E-state index is 16.1. The number of hydrogen-bond acceptors (Lipinski definition) is 8. The van der Waals surface area contributed by atoms with Gasteiger partial charge in [-0.15, -0.1) is 5.10 Å². The van der Waals surface area contributed by atoms with Gasteiger partial charge in [-0.3, -0.25) is 4.98 Å². The molecule has 1 saturated heterocycles. The molecule has 1 aliphatic heterocycles. The predicted molar refractivity (Wildman–Crippen MR) is 163 cm³/mol. The van der Waals surface area contributed by atoms with Gasteiger partial charge in [0.15, 0.2) is 11.7 Å². The first-order valence-corrected chi connectivity index (χ1v) is 15.0. The van der Waals surface area contributed by atoms with Crippen LogP contribution in [0.5, 0.6) is 0 Å². The van der Waals surface area contributed by atoms with Crippen LogP contribution in [0, 0.1) is 17.5 Å².